The number of nitrogens with one attached hydrogen (secondary N) is 1. The van der Waals surface area contributed by atoms with Crippen molar-refractivity contribution in [2.45, 2.75) is 12.6 Å². The number of nitro groups is 1. The quantitative estimate of drug-likeness (QED) is 0.498. The van der Waals surface area contributed by atoms with Crippen LogP contribution in [-0.2, 0) is 15.3 Å². The van der Waals surface area contributed by atoms with Crippen LogP contribution in [0, 0.1) is 10.1 Å². The first-order valence-electron chi connectivity index (χ1n) is 6.70. The van der Waals surface area contributed by atoms with E-state index in [9.17, 15) is 24.8 Å². The Hall–Kier alpha value is -3.22. The van der Waals surface area contributed by atoms with Gasteiger partial charge in [0.05, 0.1) is 10.5 Å². The second-order valence-corrected chi connectivity index (χ2v) is 4.90. The van der Waals surface area contributed by atoms with Gasteiger partial charge in [-0.25, -0.2) is 4.79 Å². The molecule has 1 amide bonds. The minimum absolute atomic E-state index is 0.133. The van der Waals surface area contributed by atoms with Gasteiger partial charge in [0.25, 0.3) is 0 Å². The van der Waals surface area contributed by atoms with Gasteiger partial charge in [0.1, 0.15) is 0 Å². The van der Waals surface area contributed by atoms with Crippen LogP contribution in [-0.4, -0.2) is 21.9 Å². The number of rotatable bonds is 5. The lowest BCUT2D eigenvalue weighted by molar-refractivity contribution is -0.569. The second kappa shape index (κ2) is 6.27. The van der Waals surface area contributed by atoms with Crippen LogP contribution in [0.4, 0.5) is 0 Å². The number of benzene rings is 2. The lowest BCUT2D eigenvalue weighted by Gasteiger charge is -2.22. The molecule has 0 aliphatic heterocycles. The molecule has 0 fully saturated rings. The highest BCUT2D eigenvalue weighted by Crippen LogP contribution is 2.28. The summed E-state index contributed by atoms with van der Waals surface area (Å²) in [6.07, 6.45) is 0. The third-order valence-electron chi connectivity index (χ3n) is 3.33. The summed E-state index contributed by atoms with van der Waals surface area (Å²) in [4.78, 5) is 33.4. The molecule has 2 N–H and O–H groups in total. The van der Waals surface area contributed by atoms with E-state index >= 15 is 0 Å². The van der Waals surface area contributed by atoms with Gasteiger partial charge < -0.3 is 5.11 Å². The van der Waals surface area contributed by atoms with Crippen LogP contribution in [0.25, 0.3) is 11.1 Å². The van der Waals surface area contributed by atoms with Crippen molar-refractivity contribution in [3.8, 4) is 11.1 Å². The lowest BCUT2D eigenvalue weighted by Crippen LogP contribution is -2.56. The van der Waals surface area contributed by atoms with Crippen LogP contribution < -0.4 is 5.32 Å². The number of hydrogen-bond donors (Lipinski definition) is 2. The van der Waals surface area contributed by atoms with Crippen molar-refractivity contribution in [1.82, 2.24) is 5.32 Å². The molecule has 0 saturated heterocycles. The largest absolute Gasteiger partial charge is 0.474 e. The summed E-state index contributed by atoms with van der Waals surface area (Å²) in [5.41, 5.74) is -1.47. The first-order chi connectivity index (χ1) is 10.9. The fraction of sp³-hybridized carbons (Fsp3) is 0.125. The summed E-state index contributed by atoms with van der Waals surface area (Å²) < 4.78 is 0. The van der Waals surface area contributed by atoms with Gasteiger partial charge in [0.2, 0.25) is 5.91 Å². The Balaban J connectivity index is 2.62. The van der Waals surface area contributed by atoms with Crippen LogP contribution >= 0.6 is 0 Å². The standard InChI is InChI=1S/C16H14N2O5/c1-11(19)17-16(15(20)21,18(22)23)14-9-5-8-13(10-14)12-6-3-2-4-7-12/h2-10H,1H3,(H,17,19)(H,20,21). The number of aliphatic carboxylic acids is 1. The normalized spacial score (nSPS) is 12.9. The van der Waals surface area contributed by atoms with Crippen molar-refractivity contribution in [1.29, 1.82) is 0 Å². The van der Waals surface area contributed by atoms with Crippen LogP contribution in [0.15, 0.2) is 54.6 Å². The third kappa shape index (κ3) is 3.03. The molecule has 0 heterocycles. The van der Waals surface area contributed by atoms with E-state index in [2.05, 4.69) is 0 Å². The molecule has 2 aromatic rings. The summed E-state index contributed by atoms with van der Waals surface area (Å²) >= 11 is 0. The molecule has 0 saturated carbocycles. The fourth-order valence-electron chi connectivity index (χ4n) is 2.29. The van der Waals surface area contributed by atoms with Crippen molar-refractivity contribution in [3.63, 3.8) is 0 Å². The van der Waals surface area contributed by atoms with Crippen LogP contribution in [0.2, 0.25) is 0 Å². The number of amides is 1. The molecule has 0 aromatic heterocycles. The van der Waals surface area contributed by atoms with E-state index in [1.165, 1.54) is 18.2 Å². The summed E-state index contributed by atoms with van der Waals surface area (Å²) in [6, 6.07) is 14.9. The minimum atomic E-state index is -2.73. The maximum Gasteiger partial charge on any atom is 0.418 e. The maximum atomic E-state index is 11.6. The molecule has 1 unspecified atom stereocenters. The Morgan fingerprint density at radius 3 is 2.22 bits per heavy atom. The molecule has 0 bridgehead atoms. The zero-order valence-corrected chi connectivity index (χ0v) is 12.2. The van der Waals surface area contributed by atoms with Crippen LogP contribution in [0.5, 0.6) is 0 Å². The average molecular weight is 314 g/mol. The van der Waals surface area contributed by atoms with Gasteiger partial charge in [-0.15, -0.1) is 0 Å². The van der Waals surface area contributed by atoms with Gasteiger partial charge in [-0.1, -0.05) is 42.5 Å². The molecular weight excluding hydrogens is 300 g/mol. The monoisotopic (exact) mass is 314 g/mol. The zero-order chi connectivity index (χ0) is 17.0. The molecule has 2 rings (SSSR count). The van der Waals surface area contributed by atoms with Crippen LogP contribution in [0.1, 0.15) is 12.5 Å². The van der Waals surface area contributed by atoms with Crippen molar-refractivity contribution < 1.29 is 19.6 Å². The highest BCUT2D eigenvalue weighted by Gasteiger charge is 2.54. The third-order valence-corrected chi connectivity index (χ3v) is 3.33. The molecule has 0 spiro atoms. The van der Waals surface area contributed by atoms with Gasteiger partial charge in [-0.05, 0) is 23.3 Å². The van der Waals surface area contributed by atoms with E-state index in [0.717, 1.165) is 12.5 Å². The molecular formula is C16H14N2O5. The Bertz CT molecular complexity index is 744. The molecule has 0 aliphatic carbocycles. The fourth-order valence-corrected chi connectivity index (χ4v) is 2.29. The molecule has 7 heteroatoms. The van der Waals surface area contributed by atoms with Gasteiger partial charge in [0.15, 0.2) is 0 Å². The van der Waals surface area contributed by atoms with E-state index < -0.39 is 22.5 Å². The first-order valence-corrected chi connectivity index (χ1v) is 6.70. The first kappa shape index (κ1) is 16.2. The van der Waals surface area contributed by atoms with E-state index in [-0.39, 0.29) is 5.56 Å². The number of carboxylic acids is 1. The second-order valence-electron chi connectivity index (χ2n) is 4.90. The molecule has 118 valence electrons. The van der Waals surface area contributed by atoms with Crippen molar-refractivity contribution in [2.75, 3.05) is 0 Å². The summed E-state index contributed by atoms with van der Waals surface area (Å²) in [5.74, 6) is -2.57. The number of nitrogens with zero attached hydrogens (tertiary/aromatic N) is 1. The number of carbonyl (C=O) groups excluding carboxylic acids is 1. The molecule has 2 aromatic carbocycles. The average Bonchev–Trinajstić information content (AvgIpc) is 2.52. The number of carbonyl (C=O) groups is 2. The summed E-state index contributed by atoms with van der Waals surface area (Å²) in [7, 11) is 0. The highest BCUT2D eigenvalue weighted by atomic mass is 16.6. The molecule has 1 atom stereocenters. The SMILES string of the molecule is CC(=O)NC(C(=O)O)(c1cccc(-c2ccccc2)c1)[N+](=O)[O-]. The van der Waals surface area contributed by atoms with E-state index in [1.807, 2.05) is 11.4 Å². The number of carboxylic acid groups (broad SMARTS) is 1. The predicted molar refractivity (Wildman–Crippen MR) is 82.0 cm³/mol. The maximum absolute atomic E-state index is 11.6. The van der Waals surface area contributed by atoms with Gasteiger partial charge in [-0.3, -0.25) is 20.2 Å². The van der Waals surface area contributed by atoms with Gasteiger partial charge >= 0.3 is 11.6 Å². The Morgan fingerprint density at radius 2 is 1.70 bits per heavy atom. The topological polar surface area (TPSA) is 110 Å². The smallest absolute Gasteiger partial charge is 0.418 e. The summed E-state index contributed by atoms with van der Waals surface area (Å²) in [6.45, 7) is 1.03. The predicted octanol–water partition coefficient (Wildman–Crippen LogP) is 2.00. The van der Waals surface area contributed by atoms with Crippen molar-refractivity contribution >= 4 is 11.9 Å². The molecule has 0 aliphatic rings. The Labute approximate surface area is 131 Å². The van der Waals surface area contributed by atoms with Gasteiger partial charge in [-0.2, -0.15) is 0 Å². The Morgan fingerprint density at radius 1 is 1.09 bits per heavy atom. The molecule has 23 heavy (non-hydrogen) atoms. The summed E-state index contributed by atoms with van der Waals surface area (Å²) in [5, 5.41) is 22.8. The Kier molecular flexibility index (Phi) is 4.40. The van der Waals surface area contributed by atoms with E-state index in [1.54, 1.807) is 30.3 Å². The van der Waals surface area contributed by atoms with Gasteiger partial charge in [0, 0.05) is 6.92 Å². The zero-order valence-electron chi connectivity index (χ0n) is 12.2. The highest BCUT2D eigenvalue weighted by molar-refractivity contribution is 5.86. The molecule has 0 radical (unpaired) electrons. The van der Waals surface area contributed by atoms with E-state index in [0.29, 0.717) is 5.56 Å². The lowest BCUT2D eigenvalue weighted by atomic mass is 9.95. The molecule has 7 nitrogen and oxygen atoms in total. The number of hydrogen-bond acceptors (Lipinski definition) is 4. The van der Waals surface area contributed by atoms with Crippen molar-refractivity contribution in [3.05, 3.63) is 70.3 Å². The minimum Gasteiger partial charge on any atom is -0.474 e. The van der Waals surface area contributed by atoms with Crippen LogP contribution in [0.3, 0.4) is 0 Å². The van der Waals surface area contributed by atoms with Crippen molar-refractivity contribution in [2.24, 2.45) is 0 Å². The van der Waals surface area contributed by atoms with E-state index in [4.69, 9.17) is 0 Å².